The Bertz CT molecular complexity index is 1360. The van der Waals surface area contributed by atoms with E-state index in [0.717, 1.165) is 30.9 Å². The van der Waals surface area contributed by atoms with Crippen LogP contribution >= 0.6 is 0 Å². The first kappa shape index (κ1) is 24.6. The highest BCUT2D eigenvalue weighted by Gasteiger charge is 2.58. The third kappa shape index (κ3) is 4.69. The van der Waals surface area contributed by atoms with Crippen LogP contribution in [0.2, 0.25) is 0 Å². The van der Waals surface area contributed by atoms with E-state index in [1.807, 2.05) is 11.1 Å². The fourth-order valence-electron chi connectivity index (χ4n) is 6.34. The van der Waals surface area contributed by atoms with E-state index in [4.69, 9.17) is 4.74 Å². The van der Waals surface area contributed by atoms with Crippen LogP contribution in [0.1, 0.15) is 49.4 Å². The average Bonchev–Trinajstić information content (AvgIpc) is 3.53. The van der Waals surface area contributed by atoms with Crippen molar-refractivity contribution in [1.29, 1.82) is 0 Å². The van der Waals surface area contributed by atoms with Crippen molar-refractivity contribution in [3.63, 3.8) is 0 Å². The van der Waals surface area contributed by atoms with Crippen LogP contribution in [0, 0.1) is 5.92 Å². The summed E-state index contributed by atoms with van der Waals surface area (Å²) in [6.07, 6.45) is 4.32. The topological polar surface area (TPSA) is 122 Å². The predicted octanol–water partition coefficient (Wildman–Crippen LogP) is 3.48. The molecule has 0 aromatic carbocycles. The van der Waals surface area contributed by atoms with Crippen LogP contribution < -0.4 is 10.6 Å². The second-order valence-electron chi connectivity index (χ2n) is 11.2. The first-order valence-electron chi connectivity index (χ1n) is 13.3. The summed E-state index contributed by atoms with van der Waals surface area (Å²) in [6, 6.07) is 3.50. The van der Waals surface area contributed by atoms with Gasteiger partial charge in [-0.3, -0.25) is 14.4 Å². The molecule has 5 aliphatic rings. The van der Waals surface area contributed by atoms with Crippen molar-refractivity contribution in [2.75, 3.05) is 18.4 Å². The molecule has 4 saturated carbocycles. The number of carbonyl (C=O) groups excluding carboxylic acids is 1. The molecule has 2 bridgehead atoms. The van der Waals surface area contributed by atoms with Crippen LogP contribution in [-0.4, -0.2) is 79.2 Å². The van der Waals surface area contributed by atoms with E-state index in [1.54, 1.807) is 22.7 Å². The van der Waals surface area contributed by atoms with E-state index in [0.29, 0.717) is 55.6 Å². The van der Waals surface area contributed by atoms with E-state index in [1.165, 1.54) is 0 Å². The first-order chi connectivity index (χ1) is 18.8. The molecular formula is C25H29F3N8O3. The number of carbonyl (C=O) groups is 1. The van der Waals surface area contributed by atoms with Gasteiger partial charge in [-0.2, -0.15) is 13.9 Å². The van der Waals surface area contributed by atoms with Crippen molar-refractivity contribution in [1.82, 2.24) is 34.8 Å². The second-order valence-corrected chi connectivity index (χ2v) is 11.2. The molecule has 0 radical (unpaired) electrons. The molecule has 4 heterocycles. The lowest BCUT2D eigenvalue weighted by Gasteiger charge is -2.61. The number of hydrogen-bond donors (Lipinski definition) is 3. The van der Waals surface area contributed by atoms with Crippen molar-refractivity contribution in [2.24, 2.45) is 5.92 Å². The summed E-state index contributed by atoms with van der Waals surface area (Å²) in [7, 11) is 0. The standard InChI is InChI=1S/C25H29F3N8O3/c26-21-16(1-2-18(21)39-24(37)32-25-6-13(7-25)8-25)17-5-19(34-33-17)31-23-29-4-3-20-30-14(10-36(20)23)9-35-11-15(12-35)38-22(27)28/h3-5,10,13,15-16,18,21-22H,1-2,6-9,11-12H2,(H,32,37)(H2,29,31,33,34)/t13?,16-,18-,21+,25?/m0/s1. The molecule has 3 N–H and O–H groups in total. The number of alkyl carbamates (subject to hydrolysis) is 1. The lowest BCUT2D eigenvalue weighted by Crippen LogP contribution is -2.68. The summed E-state index contributed by atoms with van der Waals surface area (Å²) in [4.78, 5) is 23.2. The number of alkyl halides is 3. The van der Waals surface area contributed by atoms with Crippen LogP contribution in [0.15, 0.2) is 24.5 Å². The summed E-state index contributed by atoms with van der Waals surface area (Å²) >= 11 is 0. The van der Waals surface area contributed by atoms with Gasteiger partial charge in [0.1, 0.15) is 17.9 Å². The van der Waals surface area contributed by atoms with E-state index in [2.05, 4.69) is 35.5 Å². The van der Waals surface area contributed by atoms with E-state index in [-0.39, 0.29) is 5.54 Å². The van der Waals surface area contributed by atoms with Gasteiger partial charge in [-0.15, -0.1) is 0 Å². The number of halogens is 3. The van der Waals surface area contributed by atoms with Gasteiger partial charge in [0, 0.05) is 55.2 Å². The Labute approximate surface area is 221 Å². The number of H-pyrrole nitrogens is 1. The smallest absolute Gasteiger partial charge is 0.407 e. The van der Waals surface area contributed by atoms with Gasteiger partial charge in [-0.1, -0.05) is 0 Å². The molecule has 4 aliphatic carbocycles. The van der Waals surface area contributed by atoms with Crippen molar-refractivity contribution in [3.8, 4) is 0 Å². The SMILES string of the molecule is O=C(NC12CC(C1)C2)O[C@H]1CC[C@@H](c2cc(Nc3nccc4nc(CN5CC(OC(F)F)C5)cn34)n[nH]2)[C@H]1F. The quantitative estimate of drug-likeness (QED) is 0.373. The van der Waals surface area contributed by atoms with E-state index in [9.17, 15) is 13.6 Å². The molecule has 5 fully saturated rings. The van der Waals surface area contributed by atoms with Crippen LogP contribution in [0.3, 0.4) is 0 Å². The largest absolute Gasteiger partial charge is 0.443 e. The molecule has 14 heteroatoms. The van der Waals surface area contributed by atoms with E-state index < -0.39 is 37.0 Å². The minimum Gasteiger partial charge on any atom is -0.443 e. The maximum absolute atomic E-state index is 15.3. The molecule has 3 aromatic heterocycles. The van der Waals surface area contributed by atoms with E-state index >= 15 is 4.39 Å². The molecular weight excluding hydrogens is 517 g/mol. The third-order valence-corrected chi connectivity index (χ3v) is 8.44. The van der Waals surface area contributed by atoms with Gasteiger partial charge in [-0.25, -0.2) is 19.2 Å². The van der Waals surface area contributed by atoms with Gasteiger partial charge in [0.05, 0.1) is 11.8 Å². The molecule has 208 valence electrons. The molecule has 0 spiro atoms. The lowest BCUT2D eigenvalue weighted by molar-refractivity contribution is -0.197. The molecule has 1 aliphatic heterocycles. The Morgan fingerprint density at radius 1 is 1.26 bits per heavy atom. The highest BCUT2D eigenvalue weighted by atomic mass is 19.3. The summed E-state index contributed by atoms with van der Waals surface area (Å²) in [5.74, 6) is 1.21. The number of aromatic nitrogens is 5. The highest BCUT2D eigenvalue weighted by molar-refractivity contribution is 5.69. The molecule has 1 amide bonds. The van der Waals surface area contributed by atoms with Gasteiger partial charge in [0.15, 0.2) is 5.82 Å². The Balaban J connectivity index is 0.965. The summed E-state index contributed by atoms with van der Waals surface area (Å²) < 4.78 is 51.7. The van der Waals surface area contributed by atoms with Crippen LogP contribution in [0.25, 0.3) is 5.65 Å². The Morgan fingerprint density at radius 3 is 2.82 bits per heavy atom. The molecule has 1 saturated heterocycles. The molecule has 3 atom stereocenters. The number of nitrogens with one attached hydrogen (secondary N) is 3. The number of anilines is 2. The number of aromatic amines is 1. The fraction of sp³-hybridized carbons (Fsp3) is 0.600. The summed E-state index contributed by atoms with van der Waals surface area (Å²) in [5, 5.41) is 13.3. The van der Waals surface area contributed by atoms with Crippen LogP contribution in [0.5, 0.6) is 0 Å². The summed E-state index contributed by atoms with van der Waals surface area (Å²) in [6.45, 7) is -1.42. The van der Waals surface area contributed by atoms with Crippen molar-refractivity contribution in [2.45, 2.75) is 75.1 Å². The fourth-order valence-corrected chi connectivity index (χ4v) is 6.34. The lowest BCUT2D eigenvalue weighted by atomic mass is 9.50. The number of nitrogens with zero attached hydrogens (tertiary/aromatic N) is 5. The molecule has 0 unspecified atom stereocenters. The van der Waals surface area contributed by atoms with Crippen molar-refractivity contribution in [3.05, 3.63) is 35.9 Å². The highest BCUT2D eigenvalue weighted by Crippen LogP contribution is 2.57. The Morgan fingerprint density at radius 2 is 2.08 bits per heavy atom. The van der Waals surface area contributed by atoms with Crippen LogP contribution in [0.4, 0.5) is 29.7 Å². The Kier molecular flexibility index (Phi) is 5.92. The molecule has 8 rings (SSSR count). The van der Waals surface area contributed by atoms with Crippen molar-refractivity contribution < 1.29 is 27.4 Å². The number of fused-ring (bicyclic) bond motifs is 1. The maximum Gasteiger partial charge on any atom is 0.407 e. The van der Waals surface area contributed by atoms with Gasteiger partial charge in [0.2, 0.25) is 5.95 Å². The van der Waals surface area contributed by atoms with Gasteiger partial charge >= 0.3 is 12.7 Å². The first-order valence-corrected chi connectivity index (χ1v) is 13.3. The number of imidazole rings is 1. The van der Waals surface area contributed by atoms with Crippen molar-refractivity contribution >= 4 is 23.5 Å². The average molecular weight is 547 g/mol. The zero-order valence-corrected chi connectivity index (χ0v) is 21.0. The number of likely N-dealkylation sites (tertiary alicyclic amines) is 1. The van der Waals surface area contributed by atoms with Gasteiger partial charge < -0.3 is 20.1 Å². The Hall–Kier alpha value is -3.39. The normalized spacial score (nSPS) is 30.2. The monoisotopic (exact) mass is 546 g/mol. The third-order valence-electron chi connectivity index (χ3n) is 8.44. The zero-order valence-electron chi connectivity index (χ0n) is 21.0. The number of ether oxygens (including phenoxy) is 2. The second kappa shape index (κ2) is 9.37. The summed E-state index contributed by atoms with van der Waals surface area (Å²) in [5.41, 5.74) is 1.94. The minimum atomic E-state index is -2.76. The molecule has 39 heavy (non-hydrogen) atoms. The zero-order chi connectivity index (χ0) is 26.7. The number of amides is 1. The molecule has 3 aromatic rings. The van der Waals surface area contributed by atoms with Crippen LogP contribution in [-0.2, 0) is 16.0 Å². The molecule has 11 nitrogen and oxygen atoms in total. The number of rotatable bonds is 9. The minimum absolute atomic E-state index is 0.105. The maximum atomic E-state index is 15.3. The predicted molar refractivity (Wildman–Crippen MR) is 131 cm³/mol. The van der Waals surface area contributed by atoms with Gasteiger partial charge in [-0.05, 0) is 44.1 Å². The number of hydrogen-bond acceptors (Lipinski definition) is 8. The van der Waals surface area contributed by atoms with Gasteiger partial charge in [0.25, 0.3) is 0 Å².